The minimum atomic E-state index is -1.42. The quantitative estimate of drug-likeness (QED) is 0.325. The summed E-state index contributed by atoms with van der Waals surface area (Å²) in [6.45, 7) is 0.872. The second kappa shape index (κ2) is 9.87. The first-order valence-corrected chi connectivity index (χ1v) is 13.2. The van der Waals surface area contributed by atoms with Gasteiger partial charge in [0.2, 0.25) is 0 Å². The van der Waals surface area contributed by atoms with Crippen LogP contribution in [0.1, 0.15) is 54.6 Å². The van der Waals surface area contributed by atoms with E-state index >= 15 is 0 Å². The lowest BCUT2D eigenvalue weighted by Gasteiger charge is -2.40. The van der Waals surface area contributed by atoms with Crippen LogP contribution in [0.25, 0.3) is 28.0 Å². The van der Waals surface area contributed by atoms with Gasteiger partial charge in [0, 0.05) is 40.9 Å². The van der Waals surface area contributed by atoms with E-state index in [1.807, 2.05) is 42.5 Å². The van der Waals surface area contributed by atoms with Crippen LogP contribution in [0.4, 0.5) is 5.82 Å². The Kier molecular flexibility index (Phi) is 6.36. The summed E-state index contributed by atoms with van der Waals surface area (Å²) in [5, 5.41) is 23.7. The van der Waals surface area contributed by atoms with E-state index in [1.54, 1.807) is 17.3 Å². The first-order chi connectivity index (χ1) is 18.9. The van der Waals surface area contributed by atoms with E-state index < -0.39 is 18.6 Å². The van der Waals surface area contributed by atoms with E-state index in [-0.39, 0.29) is 29.6 Å². The number of aliphatic hydroxyl groups excluding tert-OH is 2. The summed E-state index contributed by atoms with van der Waals surface area (Å²) in [6, 6.07) is 13.6. The van der Waals surface area contributed by atoms with Crippen molar-refractivity contribution in [2.45, 2.75) is 56.7 Å². The molecule has 2 aliphatic rings. The number of hydrogen-bond donors (Lipinski definition) is 3. The number of Topliss-reactive ketones (excluding diaryl/α,β-unsaturated/α-hetero) is 1. The molecule has 1 amide bonds. The summed E-state index contributed by atoms with van der Waals surface area (Å²) in [6.07, 6.45) is 4.85. The molecule has 0 radical (unpaired) electrons. The van der Waals surface area contributed by atoms with Crippen LogP contribution in [-0.4, -0.2) is 71.2 Å². The van der Waals surface area contributed by atoms with Crippen LogP contribution in [0, 0.1) is 0 Å². The number of carbonyl (C=O) groups excluding carboxylic acids is 2. The number of carbonyl (C=O) groups is 2. The number of pyridine rings is 1. The fourth-order valence-electron chi connectivity index (χ4n) is 6.24. The number of aromatic nitrogens is 4. The van der Waals surface area contributed by atoms with Crippen molar-refractivity contribution in [3.05, 3.63) is 66.1 Å². The van der Waals surface area contributed by atoms with Gasteiger partial charge in [-0.25, -0.2) is 4.98 Å². The third-order valence-corrected chi connectivity index (χ3v) is 8.04. The van der Waals surface area contributed by atoms with Crippen LogP contribution in [0.15, 0.2) is 54.9 Å². The molecule has 39 heavy (non-hydrogen) atoms. The van der Waals surface area contributed by atoms with Gasteiger partial charge in [-0.15, -0.1) is 0 Å². The lowest BCUT2D eigenvalue weighted by Crippen LogP contribution is -2.51. The highest BCUT2D eigenvalue weighted by Crippen LogP contribution is 2.44. The molecule has 2 fully saturated rings. The number of benzene rings is 1. The predicted octanol–water partition coefficient (Wildman–Crippen LogP) is 2.83. The first-order valence-electron chi connectivity index (χ1n) is 13.2. The number of nitrogen functional groups attached to an aromatic ring is 1. The second-order valence-corrected chi connectivity index (χ2v) is 10.4. The van der Waals surface area contributed by atoms with Gasteiger partial charge in [-0.1, -0.05) is 36.4 Å². The molecule has 4 atom stereocenters. The maximum atomic E-state index is 12.8. The summed E-state index contributed by atoms with van der Waals surface area (Å²) in [5.74, 6) is -0.485. The van der Waals surface area contributed by atoms with Crippen molar-refractivity contribution in [1.82, 2.24) is 24.5 Å². The molecule has 6 rings (SSSR count). The van der Waals surface area contributed by atoms with Crippen molar-refractivity contribution < 1.29 is 19.8 Å². The zero-order valence-electron chi connectivity index (χ0n) is 21.6. The lowest BCUT2D eigenvalue weighted by molar-refractivity contribution is -0.147. The lowest BCUT2D eigenvalue weighted by atomic mass is 9.85. The number of rotatable bonds is 6. The smallest absolute Gasteiger partial charge is 0.254 e. The Balaban J connectivity index is 1.38. The average Bonchev–Trinajstić information content (AvgIpc) is 3.50. The van der Waals surface area contributed by atoms with Gasteiger partial charge in [-0.3, -0.25) is 14.6 Å². The highest BCUT2D eigenvalue weighted by atomic mass is 16.3. The van der Waals surface area contributed by atoms with Crippen LogP contribution in [-0.2, 0) is 4.79 Å². The first kappa shape index (κ1) is 25.1. The Hall–Kier alpha value is -4.15. The molecule has 1 unspecified atom stereocenters. The van der Waals surface area contributed by atoms with Crippen molar-refractivity contribution in [2.75, 3.05) is 12.3 Å². The molecule has 1 aromatic carbocycles. The van der Waals surface area contributed by atoms with Crippen molar-refractivity contribution >= 4 is 23.2 Å². The van der Waals surface area contributed by atoms with E-state index in [2.05, 4.69) is 10.1 Å². The number of amides is 1. The number of nitrogens with zero attached hydrogens (tertiary/aromatic N) is 5. The van der Waals surface area contributed by atoms with Gasteiger partial charge >= 0.3 is 0 Å². The zero-order chi connectivity index (χ0) is 27.3. The van der Waals surface area contributed by atoms with E-state index in [0.717, 1.165) is 35.2 Å². The van der Waals surface area contributed by atoms with Crippen LogP contribution in [0.5, 0.6) is 0 Å². The number of fused-ring (bicyclic) bond motifs is 3. The monoisotopic (exact) mass is 526 g/mol. The summed E-state index contributed by atoms with van der Waals surface area (Å²) < 4.78 is 1.51. The van der Waals surface area contributed by atoms with Gasteiger partial charge in [-0.2, -0.15) is 9.61 Å². The largest absolute Gasteiger partial charge is 0.393 e. The highest BCUT2D eigenvalue weighted by Gasteiger charge is 2.46. The number of anilines is 1. The summed E-state index contributed by atoms with van der Waals surface area (Å²) in [7, 11) is 0. The van der Waals surface area contributed by atoms with Crippen molar-refractivity contribution in [3.8, 4) is 22.4 Å². The fourth-order valence-corrected chi connectivity index (χ4v) is 6.24. The van der Waals surface area contributed by atoms with E-state index in [0.29, 0.717) is 29.7 Å². The summed E-state index contributed by atoms with van der Waals surface area (Å²) in [4.78, 5) is 36.9. The van der Waals surface area contributed by atoms with Crippen LogP contribution >= 0.6 is 0 Å². The third kappa shape index (κ3) is 4.25. The zero-order valence-corrected chi connectivity index (χ0v) is 21.6. The number of ketones is 1. The number of piperidine rings is 1. The molecule has 200 valence electrons. The van der Waals surface area contributed by atoms with E-state index in [9.17, 15) is 19.8 Å². The molecule has 2 bridgehead atoms. The van der Waals surface area contributed by atoms with E-state index in [4.69, 9.17) is 10.7 Å². The Morgan fingerprint density at radius 2 is 1.77 bits per heavy atom. The molecule has 2 aliphatic heterocycles. The molecular weight excluding hydrogens is 496 g/mol. The molecule has 2 saturated heterocycles. The maximum absolute atomic E-state index is 12.8. The van der Waals surface area contributed by atoms with E-state index in [1.165, 1.54) is 11.4 Å². The average molecular weight is 527 g/mol. The normalized spacial score (nSPS) is 21.3. The molecule has 4 aromatic rings. The summed E-state index contributed by atoms with van der Waals surface area (Å²) >= 11 is 0. The minimum Gasteiger partial charge on any atom is -0.393 e. The Morgan fingerprint density at radius 3 is 2.38 bits per heavy atom. The van der Waals surface area contributed by atoms with Gasteiger partial charge in [0.1, 0.15) is 5.82 Å². The predicted molar refractivity (Wildman–Crippen MR) is 145 cm³/mol. The molecule has 10 nitrogen and oxygen atoms in total. The van der Waals surface area contributed by atoms with Gasteiger partial charge in [0.25, 0.3) is 5.91 Å². The minimum absolute atomic E-state index is 0.0923. The molecule has 0 spiro atoms. The SMILES string of the molecule is CC(=O)c1c([C@@H]2CC3CC[C@@H](C2)N3C(=O)[C@H](O)CO)nc2c(-c3ccc(-c4ccccc4)nc3)cnn2c1N. The number of aliphatic hydroxyl groups is 2. The van der Waals surface area contributed by atoms with Crippen molar-refractivity contribution in [1.29, 1.82) is 0 Å². The van der Waals surface area contributed by atoms with Gasteiger partial charge in [0.15, 0.2) is 17.5 Å². The molecule has 0 aliphatic carbocycles. The molecule has 4 N–H and O–H groups in total. The third-order valence-electron chi connectivity index (χ3n) is 8.04. The van der Waals surface area contributed by atoms with Gasteiger partial charge in [-0.05, 0) is 38.7 Å². The fraction of sp³-hybridized carbons (Fsp3) is 0.345. The standard InChI is InChI=1S/C29H30N6O4/c1-16(37)25-26(19-11-20-8-9-21(12-19)34(20)29(39)24(38)15-36)33-28-22(14-32-35(28)27(25)30)18-7-10-23(31-13-18)17-5-3-2-4-6-17/h2-7,10,13-14,19-21,24,36,38H,8-9,11-12,15,30H2,1H3/t19-,20-,21?,24+/m0/s1. The van der Waals surface area contributed by atoms with Gasteiger partial charge < -0.3 is 20.8 Å². The molecule has 0 saturated carbocycles. The molecular formula is C29H30N6O4. The molecule has 10 heteroatoms. The Bertz CT molecular complexity index is 1540. The Morgan fingerprint density at radius 1 is 1.05 bits per heavy atom. The maximum Gasteiger partial charge on any atom is 0.254 e. The summed E-state index contributed by atoms with van der Waals surface area (Å²) in [5.41, 5.74) is 11.5. The van der Waals surface area contributed by atoms with Crippen LogP contribution in [0.2, 0.25) is 0 Å². The van der Waals surface area contributed by atoms with Crippen LogP contribution < -0.4 is 5.73 Å². The topological polar surface area (TPSA) is 147 Å². The molecule has 5 heterocycles. The van der Waals surface area contributed by atoms with Gasteiger partial charge in [0.05, 0.1) is 29.8 Å². The molecule has 3 aromatic heterocycles. The number of nitrogens with two attached hydrogens (primary N) is 1. The van der Waals surface area contributed by atoms with Crippen LogP contribution in [0.3, 0.4) is 0 Å². The second-order valence-electron chi connectivity index (χ2n) is 10.4. The van der Waals surface area contributed by atoms with Crippen molar-refractivity contribution in [3.63, 3.8) is 0 Å². The number of hydrogen-bond acceptors (Lipinski definition) is 8. The van der Waals surface area contributed by atoms with Crippen molar-refractivity contribution in [2.24, 2.45) is 0 Å². The highest BCUT2D eigenvalue weighted by molar-refractivity contribution is 6.00. The Labute approximate surface area is 225 Å².